The van der Waals surface area contributed by atoms with Gasteiger partial charge in [-0.1, -0.05) is 78.9 Å². The molecule has 4 heteroatoms. The topological polar surface area (TPSA) is 50.7 Å². The molecule has 0 saturated carbocycles. The zero-order valence-electron chi connectivity index (χ0n) is 16.4. The Hall–Kier alpha value is -3.40. The van der Waals surface area contributed by atoms with E-state index in [0.717, 1.165) is 16.7 Å². The van der Waals surface area contributed by atoms with Gasteiger partial charge in [0.1, 0.15) is 0 Å². The van der Waals surface area contributed by atoms with E-state index in [-0.39, 0.29) is 5.91 Å². The van der Waals surface area contributed by atoms with Gasteiger partial charge in [-0.25, -0.2) is 4.99 Å². The highest BCUT2D eigenvalue weighted by molar-refractivity contribution is 6.01. The van der Waals surface area contributed by atoms with Crippen LogP contribution < -0.4 is 5.32 Å². The molecule has 1 amide bonds. The summed E-state index contributed by atoms with van der Waals surface area (Å²) in [5.41, 5.74) is 1.77. The molecular formula is C25H24N2O2. The summed E-state index contributed by atoms with van der Waals surface area (Å²) in [6, 6.07) is 29.6. The van der Waals surface area contributed by atoms with Crippen LogP contribution in [0.1, 0.15) is 29.7 Å². The molecule has 0 spiro atoms. The lowest BCUT2D eigenvalue weighted by molar-refractivity contribution is -0.128. The number of amides is 1. The van der Waals surface area contributed by atoms with Crippen LogP contribution in [0.3, 0.4) is 0 Å². The second-order valence-corrected chi connectivity index (χ2v) is 7.14. The van der Waals surface area contributed by atoms with Gasteiger partial charge >= 0.3 is 0 Å². The lowest BCUT2D eigenvalue weighted by Crippen LogP contribution is -2.49. The zero-order chi connectivity index (χ0) is 20.1. The molecule has 0 radical (unpaired) electrons. The van der Waals surface area contributed by atoms with Gasteiger partial charge in [-0.3, -0.25) is 4.79 Å². The number of nitrogens with zero attached hydrogens (tertiary/aromatic N) is 1. The van der Waals surface area contributed by atoms with Crippen molar-refractivity contribution in [2.24, 2.45) is 4.99 Å². The number of aliphatic imine (C=N–C) groups is 1. The Balaban J connectivity index is 1.85. The normalized spacial score (nSPS) is 20.6. The van der Waals surface area contributed by atoms with Crippen LogP contribution in [0.2, 0.25) is 0 Å². The fourth-order valence-corrected chi connectivity index (χ4v) is 3.76. The van der Waals surface area contributed by atoms with Crippen LogP contribution in [0.4, 0.5) is 0 Å². The third-order valence-corrected chi connectivity index (χ3v) is 5.13. The maximum absolute atomic E-state index is 13.4. The largest absolute Gasteiger partial charge is 0.466 e. The third kappa shape index (κ3) is 3.79. The standard InChI is InChI=1S/C25H24N2O2/c1-2-26-24(28)25(18-19-12-6-3-7-13-19)22(20-14-8-4-9-15-20)29-23(27-25)21-16-10-5-11-17-21/h3-17,22H,2,18H2,1H3,(H,26,28)/t22-,25-/m0/s1. The van der Waals surface area contributed by atoms with Crippen molar-refractivity contribution in [1.82, 2.24) is 5.32 Å². The first-order valence-electron chi connectivity index (χ1n) is 9.92. The second-order valence-electron chi connectivity index (χ2n) is 7.14. The van der Waals surface area contributed by atoms with E-state index >= 15 is 0 Å². The van der Waals surface area contributed by atoms with Gasteiger partial charge in [0.25, 0.3) is 5.91 Å². The fourth-order valence-electron chi connectivity index (χ4n) is 3.76. The van der Waals surface area contributed by atoms with Crippen molar-refractivity contribution in [2.45, 2.75) is 25.0 Å². The molecule has 1 N–H and O–H groups in total. The van der Waals surface area contributed by atoms with Gasteiger partial charge in [-0.15, -0.1) is 0 Å². The summed E-state index contributed by atoms with van der Waals surface area (Å²) in [6.45, 7) is 2.45. The van der Waals surface area contributed by atoms with Crippen molar-refractivity contribution < 1.29 is 9.53 Å². The molecule has 0 bridgehead atoms. The first kappa shape index (κ1) is 18.9. The van der Waals surface area contributed by atoms with Gasteiger partial charge in [0, 0.05) is 18.5 Å². The summed E-state index contributed by atoms with van der Waals surface area (Å²) in [6.07, 6.45) is -0.0547. The molecule has 0 fully saturated rings. The van der Waals surface area contributed by atoms with E-state index in [0.29, 0.717) is 18.9 Å². The molecule has 0 unspecified atom stereocenters. The molecule has 3 aromatic carbocycles. The maximum atomic E-state index is 13.4. The molecule has 29 heavy (non-hydrogen) atoms. The number of carbonyl (C=O) groups excluding carboxylic acids is 1. The van der Waals surface area contributed by atoms with Crippen LogP contribution in [0, 0.1) is 0 Å². The summed E-state index contributed by atoms with van der Waals surface area (Å²) < 4.78 is 6.38. The highest BCUT2D eigenvalue weighted by Crippen LogP contribution is 2.42. The molecule has 0 aromatic heterocycles. The van der Waals surface area contributed by atoms with E-state index < -0.39 is 11.6 Å². The Kier molecular flexibility index (Phi) is 5.43. The minimum Gasteiger partial charge on any atom is -0.466 e. The van der Waals surface area contributed by atoms with Gasteiger partial charge in [0.15, 0.2) is 11.6 Å². The predicted octanol–water partition coefficient (Wildman–Crippen LogP) is 4.32. The lowest BCUT2D eigenvalue weighted by atomic mass is 9.82. The minimum absolute atomic E-state index is 0.122. The average Bonchev–Trinajstić information content (AvgIpc) is 3.16. The molecule has 146 valence electrons. The number of nitrogens with one attached hydrogen (secondary N) is 1. The smallest absolute Gasteiger partial charge is 0.252 e. The molecule has 0 saturated heterocycles. The third-order valence-electron chi connectivity index (χ3n) is 5.13. The van der Waals surface area contributed by atoms with Gasteiger partial charge in [-0.05, 0) is 30.2 Å². The first-order valence-corrected chi connectivity index (χ1v) is 9.92. The first-order chi connectivity index (χ1) is 14.2. The van der Waals surface area contributed by atoms with E-state index in [4.69, 9.17) is 9.73 Å². The van der Waals surface area contributed by atoms with E-state index in [1.54, 1.807) is 0 Å². The predicted molar refractivity (Wildman–Crippen MR) is 115 cm³/mol. The highest BCUT2D eigenvalue weighted by Gasteiger charge is 2.53. The van der Waals surface area contributed by atoms with E-state index in [2.05, 4.69) is 5.32 Å². The number of hydrogen-bond donors (Lipinski definition) is 1. The van der Waals surface area contributed by atoms with Crippen LogP contribution >= 0.6 is 0 Å². The minimum atomic E-state index is -1.08. The SMILES string of the molecule is CCNC(=O)[C@@]1(Cc2ccccc2)N=C(c2ccccc2)O[C@H]1c1ccccc1. The Bertz CT molecular complexity index is 987. The summed E-state index contributed by atoms with van der Waals surface area (Å²) in [5.74, 6) is 0.380. The summed E-state index contributed by atoms with van der Waals surface area (Å²) in [5, 5.41) is 2.99. The molecule has 1 aliphatic rings. The van der Waals surface area contributed by atoms with Crippen molar-refractivity contribution >= 4 is 11.8 Å². The van der Waals surface area contributed by atoms with Crippen molar-refractivity contribution in [3.8, 4) is 0 Å². The number of hydrogen-bond acceptors (Lipinski definition) is 3. The van der Waals surface area contributed by atoms with Crippen molar-refractivity contribution in [3.63, 3.8) is 0 Å². The van der Waals surface area contributed by atoms with Gasteiger partial charge in [-0.2, -0.15) is 0 Å². The Morgan fingerprint density at radius 2 is 1.52 bits per heavy atom. The molecule has 0 aliphatic carbocycles. The Morgan fingerprint density at radius 1 is 0.931 bits per heavy atom. The summed E-state index contributed by atoms with van der Waals surface area (Å²) >= 11 is 0. The fraction of sp³-hybridized carbons (Fsp3) is 0.200. The molecule has 1 heterocycles. The number of benzene rings is 3. The number of rotatable bonds is 6. The number of ether oxygens (including phenoxy) is 1. The molecule has 4 nitrogen and oxygen atoms in total. The van der Waals surface area contributed by atoms with E-state index in [1.165, 1.54) is 0 Å². The second kappa shape index (κ2) is 8.31. The summed E-state index contributed by atoms with van der Waals surface area (Å²) in [7, 11) is 0. The maximum Gasteiger partial charge on any atom is 0.252 e. The summed E-state index contributed by atoms with van der Waals surface area (Å²) in [4.78, 5) is 18.4. The van der Waals surface area contributed by atoms with E-state index in [1.807, 2.05) is 97.9 Å². The van der Waals surface area contributed by atoms with Crippen molar-refractivity contribution in [3.05, 3.63) is 108 Å². The quantitative estimate of drug-likeness (QED) is 0.688. The lowest BCUT2D eigenvalue weighted by Gasteiger charge is -2.30. The van der Waals surface area contributed by atoms with Crippen LogP contribution in [-0.2, 0) is 16.0 Å². The zero-order valence-corrected chi connectivity index (χ0v) is 16.4. The van der Waals surface area contributed by atoms with E-state index in [9.17, 15) is 4.79 Å². The van der Waals surface area contributed by atoms with Crippen LogP contribution in [0.5, 0.6) is 0 Å². The van der Waals surface area contributed by atoms with Gasteiger partial charge in [0.05, 0.1) is 0 Å². The molecule has 2 atom stereocenters. The van der Waals surface area contributed by atoms with Crippen molar-refractivity contribution in [2.75, 3.05) is 6.54 Å². The van der Waals surface area contributed by atoms with Gasteiger partial charge < -0.3 is 10.1 Å². The molecule has 4 rings (SSSR count). The monoisotopic (exact) mass is 384 g/mol. The highest BCUT2D eigenvalue weighted by atomic mass is 16.5. The Labute approximate surface area is 171 Å². The van der Waals surface area contributed by atoms with Gasteiger partial charge in [0.2, 0.25) is 5.90 Å². The number of likely N-dealkylation sites (N-methyl/N-ethyl adjacent to an activating group) is 1. The molecular weight excluding hydrogens is 360 g/mol. The van der Waals surface area contributed by atoms with Crippen LogP contribution in [0.25, 0.3) is 0 Å². The molecule has 1 aliphatic heterocycles. The molecule has 3 aromatic rings. The van der Waals surface area contributed by atoms with Crippen LogP contribution in [-0.4, -0.2) is 23.9 Å². The Morgan fingerprint density at radius 3 is 2.14 bits per heavy atom. The number of carbonyl (C=O) groups is 1. The van der Waals surface area contributed by atoms with Crippen LogP contribution in [0.15, 0.2) is 96.0 Å². The van der Waals surface area contributed by atoms with Crippen molar-refractivity contribution in [1.29, 1.82) is 0 Å². The average molecular weight is 384 g/mol.